The molecule has 1 fully saturated rings. The molecule has 0 radical (unpaired) electrons. The normalized spacial score (nSPS) is 25.2. The lowest BCUT2D eigenvalue weighted by atomic mass is 9.95. The Kier molecular flexibility index (Phi) is 5.98. The first-order chi connectivity index (χ1) is 9.40. The summed E-state index contributed by atoms with van der Waals surface area (Å²) in [4.78, 5) is 36.3. The molecular formula is C14H24N2O4. The van der Waals surface area contributed by atoms with E-state index in [0.717, 1.165) is 6.42 Å². The van der Waals surface area contributed by atoms with Gasteiger partial charge in [0.25, 0.3) is 0 Å². The summed E-state index contributed by atoms with van der Waals surface area (Å²) >= 11 is 0. The van der Waals surface area contributed by atoms with Gasteiger partial charge in [0.2, 0.25) is 11.8 Å². The fraction of sp³-hybridized carbons (Fsp3) is 0.786. The van der Waals surface area contributed by atoms with Gasteiger partial charge >= 0.3 is 5.97 Å². The predicted octanol–water partition coefficient (Wildman–Crippen LogP) is 0.718. The van der Waals surface area contributed by atoms with E-state index in [2.05, 4.69) is 5.32 Å². The van der Waals surface area contributed by atoms with Gasteiger partial charge in [0.15, 0.2) is 0 Å². The van der Waals surface area contributed by atoms with Crippen molar-refractivity contribution in [1.29, 1.82) is 0 Å². The molecule has 3 atom stereocenters. The van der Waals surface area contributed by atoms with Crippen molar-refractivity contribution in [2.45, 2.75) is 32.6 Å². The number of nitrogens with one attached hydrogen (secondary N) is 1. The third-order valence-corrected chi connectivity index (χ3v) is 4.20. The summed E-state index contributed by atoms with van der Waals surface area (Å²) in [7, 11) is 3.18. The van der Waals surface area contributed by atoms with Crippen molar-refractivity contribution in [2.24, 2.45) is 17.8 Å². The van der Waals surface area contributed by atoms with Gasteiger partial charge in [0, 0.05) is 27.1 Å². The van der Waals surface area contributed by atoms with Gasteiger partial charge in [0.05, 0.1) is 11.8 Å². The van der Waals surface area contributed by atoms with Crippen LogP contribution >= 0.6 is 0 Å². The molecule has 2 amide bonds. The molecule has 114 valence electrons. The topological polar surface area (TPSA) is 86.7 Å². The number of hydrogen-bond donors (Lipinski definition) is 2. The molecule has 6 heteroatoms. The van der Waals surface area contributed by atoms with Crippen molar-refractivity contribution < 1.29 is 19.5 Å². The second-order valence-electron chi connectivity index (χ2n) is 5.48. The van der Waals surface area contributed by atoms with E-state index in [1.807, 2.05) is 6.92 Å². The van der Waals surface area contributed by atoms with Crippen LogP contribution in [0.2, 0.25) is 0 Å². The van der Waals surface area contributed by atoms with E-state index in [1.165, 1.54) is 4.90 Å². The molecular weight excluding hydrogens is 260 g/mol. The first kappa shape index (κ1) is 16.5. The van der Waals surface area contributed by atoms with Crippen LogP contribution in [0.15, 0.2) is 0 Å². The maximum atomic E-state index is 12.4. The Morgan fingerprint density at radius 3 is 2.35 bits per heavy atom. The average Bonchev–Trinajstić information content (AvgIpc) is 2.87. The second kappa shape index (κ2) is 7.26. The van der Waals surface area contributed by atoms with E-state index in [0.29, 0.717) is 25.3 Å². The van der Waals surface area contributed by atoms with Crippen molar-refractivity contribution in [3.05, 3.63) is 0 Å². The molecule has 0 aromatic carbocycles. The smallest absolute Gasteiger partial charge is 0.307 e. The Morgan fingerprint density at radius 2 is 1.85 bits per heavy atom. The van der Waals surface area contributed by atoms with Gasteiger partial charge in [-0.2, -0.15) is 0 Å². The second-order valence-corrected chi connectivity index (χ2v) is 5.48. The van der Waals surface area contributed by atoms with Gasteiger partial charge in [-0.3, -0.25) is 14.4 Å². The van der Waals surface area contributed by atoms with E-state index in [-0.39, 0.29) is 18.2 Å². The highest BCUT2D eigenvalue weighted by atomic mass is 16.4. The molecule has 20 heavy (non-hydrogen) atoms. The summed E-state index contributed by atoms with van der Waals surface area (Å²) in [5.41, 5.74) is 0. The van der Waals surface area contributed by atoms with Crippen LogP contribution in [-0.4, -0.2) is 48.4 Å². The minimum atomic E-state index is -0.890. The van der Waals surface area contributed by atoms with Crippen molar-refractivity contribution >= 4 is 17.8 Å². The molecule has 1 aliphatic rings. The summed E-state index contributed by atoms with van der Waals surface area (Å²) in [5.74, 6) is -1.91. The Balaban J connectivity index is 2.64. The number of amides is 2. The third-order valence-electron chi connectivity index (χ3n) is 4.20. The Bertz CT molecular complexity index is 383. The molecule has 0 spiro atoms. The first-order valence-corrected chi connectivity index (χ1v) is 7.09. The average molecular weight is 284 g/mol. The van der Waals surface area contributed by atoms with E-state index >= 15 is 0 Å². The minimum Gasteiger partial charge on any atom is -0.481 e. The van der Waals surface area contributed by atoms with E-state index in [1.54, 1.807) is 14.1 Å². The SMILES string of the molecule is CCC1CC(C(=O)O)C(C(=O)N(C)CCC(=O)NC)C1. The lowest BCUT2D eigenvalue weighted by Gasteiger charge is -2.23. The molecule has 0 heterocycles. The fourth-order valence-electron chi connectivity index (χ4n) is 2.81. The van der Waals surface area contributed by atoms with E-state index in [9.17, 15) is 19.5 Å². The number of hydrogen-bond acceptors (Lipinski definition) is 3. The van der Waals surface area contributed by atoms with Crippen LogP contribution in [0.25, 0.3) is 0 Å². The molecule has 6 nitrogen and oxygen atoms in total. The summed E-state index contributed by atoms with van der Waals surface area (Å²) in [5, 5.41) is 11.7. The third kappa shape index (κ3) is 3.95. The van der Waals surface area contributed by atoms with Crippen molar-refractivity contribution in [2.75, 3.05) is 20.6 Å². The highest BCUT2D eigenvalue weighted by Gasteiger charge is 2.43. The largest absolute Gasteiger partial charge is 0.481 e. The summed E-state index contributed by atoms with van der Waals surface area (Å²) in [6.07, 6.45) is 2.35. The zero-order valence-corrected chi connectivity index (χ0v) is 12.4. The Labute approximate surface area is 119 Å². The van der Waals surface area contributed by atoms with Crippen LogP contribution in [0.3, 0.4) is 0 Å². The molecule has 2 N–H and O–H groups in total. The fourth-order valence-corrected chi connectivity index (χ4v) is 2.81. The van der Waals surface area contributed by atoms with Gasteiger partial charge in [-0.25, -0.2) is 0 Å². The summed E-state index contributed by atoms with van der Waals surface area (Å²) in [6.45, 7) is 2.34. The lowest BCUT2D eigenvalue weighted by molar-refractivity contribution is -0.148. The maximum Gasteiger partial charge on any atom is 0.307 e. The van der Waals surface area contributed by atoms with Gasteiger partial charge in [-0.15, -0.1) is 0 Å². The van der Waals surface area contributed by atoms with Gasteiger partial charge in [-0.1, -0.05) is 13.3 Å². The van der Waals surface area contributed by atoms with Crippen LogP contribution in [0.1, 0.15) is 32.6 Å². The number of rotatable bonds is 6. The first-order valence-electron chi connectivity index (χ1n) is 7.09. The molecule has 1 rings (SSSR count). The molecule has 0 bridgehead atoms. The van der Waals surface area contributed by atoms with Crippen molar-refractivity contribution in [3.63, 3.8) is 0 Å². The van der Waals surface area contributed by atoms with E-state index < -0.39 is 17.8 Å². The Morgan fingerprint density at radius 1 is 1.25 bits per heavy atom. The number of carbonyl (C=O) groups excluding carboxylic acids is 2. The number of carbonyl (C=O) groups is 3. The van der Waals surface area contributed by atoms with Crippen LogP contribution < -0.4 is 5.32 Å². The van der Waals surface area contributed by atoms with Gasteiger partial charge in [0.1, 0.15) is 0 Å². The molecule has 0 aromatic rings. The molecule has 3 unspecified atom stereocenters. The molecule has 0 aliphatic heterocycles. The molecule has 0 saturated heterocycles. The highest BCUT2D eigenvalue weighted by Crippen LogP contribution is 2.39. The van der Waals surface area contributed by atoms with Gasteiger partial charge < -0.3 is 15.3 Å². The lowest BCUT2D eigenvalue weighted by Crippen LogP contribution is -2.38. The van der Waals surface area contributed by atoms with Crippen LogP contribution in [0, 0.1) is 17.8 Å². The quantitative estimate of drug-likeness (QED) is 0.752. The van der Waals surface area contributed by atoms with Crippen LogP contribution in [0.4, 0.5) is 0 Å². The van der Waals surface area contributed by atoms with Crippen molar-refractivity contribution in [1.82, 2.24) is 10.2 Å². The minimum absolute atomic E-state index is 0.128. The van der Waals surface area contributed by atoms with Crippen molar-refractivity contribution in [3.8, 4) is 0 Å². The zero-order valence-electron chi connectivity index (χ0n) is 12.4. The Hall–Kier alpha value is -1.59. The molecule has 1 saturated carbocycles. The number of carboxylic acids is 1. The summed E-state index contributed by atoms with van der Waals surface area (Å²) < 4.78 is 0. The number of nitrogens with zero attached hydrogens (tertiary/aromatic N) is 1. The monoisotopic (exact) mass is 284 g/mol. The highest BCUT2D eigenvalue weighted by molar-refractivity contribution is 5.85. The van der Waals surface area contributed by atoms with Gasteiger partial charge in [-0.05, 0) is 18.8 Å². The van der Waals surface area contributed by atoms with E-state index in [4.69, 9.17) is 0 Å². The maximum absolute atomic E-state index is 12.4. The van der Waals surface area contributed by atoms with Crippen LogP contribution in [0.5, 0.6) is 0 Å². The number of carboxylic acid groups (broad SMARTS) is 1. The predicted molar refractivity (Wildman–Crippen MR) is 74.0 cm³/mol. The zero-order chi connectivity index (χ0) is 15.3. The molecule has 0 aromatic heterocycles. The molecule has 1 aliphatic carbocycles. The number of aliphatic carboxylic acids is 1. The summed E-state index contributed by atoms with van der Waals surface area (Å²) in [6, 6.07) is 0. The standard InChI is InChI=1S/C14H24N2O4/c1-4-9-7-10(11(8-9)14(19)20)13(18)16(3)6-5-12(17)15-2/h9-11H,4-8H2,1-3H3,(H,15,17)(H,19,20). The van der Waals surface area contributed by atoms with Crippen LogP contribution in [-0.2, 0) is 14.4 Å².